The minimum atomic E-state index is -0.756. The van der Waals surface area contributed by atoms with E-state index in [1.54, 1.807) is 37.3 Å². The van der Waals surface area contributed by atoms with Gasteiger partial charge in [-0.25, -0.2) is 4.39 Å². The molecule has 0 fully saturated rings. The molecule has 0 radical (unpaired) electrons. The van der Waals surface area contributed by atoms with E-state index in [4.69, 9.17) is 27.9 Å². The van der Waals surface area contributed by atoms with Crippen LogP contribution in [0.15, 0.2) is 42.5 Å². The van der Waals surface area contributed by atoms with E-state index < -0.39 is 6.10 Å². The molecule has 2 atom stereocenters. The molecule has 0 aliphatic carbocycles. The van der Waals surface area contributed by atoms with E-state index in [9.17, 15) is 9.18 Å². The first-order valence-corrected chi connectivity index (χ1v) is 7.80. The topological polar surface area (TPSA) is 38.3 Å². The first-order valence-electron chi connectivity index (χ1n) is 7.04. The predicted molar refractivity (Wildman–Crippen MR) is 89.5 cm³/mol. The fourth-order valence-electron chi connectivity index (χ4n) is 1.98. The smallest absolute Gasteiger partial charge is 0.261 e. The lowest BCUT2D eigenvalue weighted by Crippen LogP contribution is -2.37. The van der Waals surface area contributed by atoms with Crippen LogP contribution in [0, 0.1) is 5.82 Å². The molecule has 0 aromatic heterocycles. The number of carbonyl (C=O) groups is 1. The summed E-state index contributed by atoms with van der Waals surface area (Å²) in [6, 6.07) is 10.5. The van der Waals surface area contributed by atoms with Gasteiger partial charge in [-0.05, 0) is 43.7 Å². The maximum atomic E-state index is 12.9. The van der Waals surface area contributed by atoms with E-state index in [0.717, 1.165) is 5.56 Å². The number of hydrogen-bond acceptors (Lipinski definition) is 2. The Labute approximate surface area is 144 Å². The van der Waals surface area contributed by atoms with Crippen molar-refractivity contribution in [1.82, 2.24) is 5.32 Å². The molecule has 0 heterocycles. The number of ether oxygens (including phenoxy) is 1. The second kappa shape index (κ2) is 7.66. The van der Waals surface area contributed by atoms with Gasteiger partial charge in [0.25, 0.3) is 5.91 Å². The Morgan fingerprint density at radius 1 is 1.13 bits per heavy atom. The molecular weight excluding hydrogens is 340 g/mol. The van der Waals surface area contributed by atoms with Crippen molar-refractivity contribution in [2.24, 2.45) is 0 Å². The lowest BCUT2D eigenvalue weighted by atomic mass is 10.1. The first kappa shape index (κ1) is 17.6. The molecule has 23 heavy (non-hydrogen) atoms. The van der Waals surface area contributed by atoms with Crippen LogP contribution in [0.4, 0.5) is 4.39 Å². The monoisotopic (exact) mass is 355 g/mol. The molecule has 1 amide bonds. The van der Waals surface area contributed by atoms with Crippen molar-refractivity contribution >= 4 is 29.1 Å². The summed E-state index contributed by atoms with van der Waals surface area (Å²) < 4.78 is 18.5. The van der Waals surface area contributed by atoms with Crippen LogP contribution in [-0.2, 0) is 4.79 Å². The summed E-state index contributed by atoms with van der Waals surface area (Å²) in [5, 5.41) is 3.65. The second-order valence-electron chi connectivity index (χ2n) is 5.12. The van der Waals surface area contributed by atoms with Gasteiger partial charge < -0.3 is 10.1 Å². The largest absolute Gasteiger partial charge is 0.479 e. The molecule has 122 valence electrons. The molecule has 0 bridgehead atoms. The van der Waals surface area contributed by atoms with Gasteiger partial charge in [0, 0.05) is 11.1 Å². The van der Waals surface area contributed by atoms with Crippen molar-refractivity contribution in [2.45, 2.75) is 26.0 Å². The molecule has 2 aromatic carbocycles. The number of nitrogens with one attached hydrogen (secondary N) is 1. The molecule has 0 unspecified atom stereocenters. The van der Waals surface area contributed by atoms with E-state index in [-0.39, 0.29) is 17.8 Å². The summed E-state index contributed by atoms with van der Waals surface area (Å²) in [4.78, 5) is 12.2. The highest BCUT2D eigenvalue weighted by molar-refractivity contribution is 6.34. The lowest BCUT2D eigenvalue weighted by molar-refractivity contribution is -0.127. The predicted octanol–water partition coefficient (Wildman–Crippen LogP) is 4.78. The standard InChI is InChI=1S/C17H16Cl2FNO2/c1-10(12-3-6-14(20)7-4-12)21-17(22)11(2)23-16-9-13(18)5-8-15(16)19/h3-11H,1-2H3,(H,21,22)/t10-,11-/m0/s1. The van der Waals surface area contributed by atoms with Crippen molar-refractivity contribution in [3.8, 4) is 5.75 Å². The van der Waals surface area contributed by atoms with Gasteiger partial charge in [0.2, 0.25) is 0 Å². The van der Waals surface area contributed by atoms with Crippen LogP contribution in [-0.4, -0.2) is 12.0 Å². The molecule has 0 saturated carbocycles. The Bertz CT molecular complexity index is 691. The maximum Gasteiger partial charge on any atom is 0.261 e. The van der Waals surface area contributed by atoms with E-state index in [0.29, 0.717) is 15.8 Å². The number of carbonyl (C=O) groups excluding carboxylic acids is 1. The zero-order valence-corrected chi connectivity index (χ0v) is 14.2. The van der Waals surface area contributed by atoms with E-state index in [1.807, 2.05) is 6.92 Å². The van der Waals surface area contributed by atoms with Gasteiger partial charge in [-0.15, -0.1) is 0 Å². The minimum Gasteiger partial charge on any atom is -0.479 e. The number of amides is 1. The Kier molecular flexibility index (Phi) is 5.85. The van der Waals surface area contributed by atoms with Crippen molar-refractivity contribution < 1.29 is 13.9 Å². The van der Waals surface area contributed by atoms with Crippen molar-refractivity contribution in [2.75, 3.05) is 0 Å². The van der Waals surface area contributed by atoms with Crippen LogP contribution in [0.1, 0.15) is 25.5 Å². The van der Waals surface area contributed by atoms with Crippen LogP contribution in [0.25, 0.3) is 0 Å². The maximum absolute atomic E-state index is 12.9. The fraction of sp³-hybridized carbons (Fsp3) is 0.235. The molecule has 0 aliphatic rings. The summed E-state index contributed by atoms with van der Waals surface area (Å²) in [6.07, 6.45) is -0.756. The Balaban J connectivity index is 1.99. The van der Waals surface area contributed by atoms with Crippen LogP contribution in [0.2, 0.25) is 10.0 Å². The van der Waals surface area contributed by atoms with E-state index >= 15 is 0 Å². The minimum absolute atomic E-state index is 0.274. The quantitative estimate of drug-likeness (QED) is 0.838. The summed E-state index contributed by atoms with van der Waals surface area (Å²) in [7, 11) is 0. The number of benzene rings is 2. The van der Waals surface area contributed by atoms with Crippen molar-refractivity contribution in [1.29, 1.82) is 0 Å². The third-order valence-electron chi connectivity index (χ3n) is 3.29. The molecule has 6 heteroatoms. The molecule has 0 aliphatic heterocycles. The Morgan fingerprint density at radius 2 is 1.78 bits per heavy atom. The summed E-state index contributed by atoms with van der Waals surface area (Å²) >= 11 is 11.9. The third-order valence-corrected chi connectivity index (χ3v) is 3.84. The molecule has 2 rings (SSSR count). The lowest BCUT2D eigenvalue weighted by Gasteiger charge is -2.19. The first-order chi connectivity index (χ1) is 10.9. The summed E-state index contributed by atoms with van der Waals surface area (Å²) in [6.45, 7) is 3.42. The highest BCUT2D eigenvalue weighted by Crippen LogP contribution is 2.28. The van der Waals surface area contributed by atoms with Gasteiger partial charge in [-0.3, -0.25) is 4.79 Å². The molecule has 3 nitrogen and oxygen atoms in total. The Hall–Kier alpha value is -1.78. The van der Waals surface area contributed by atoms with Crippen LogP contribution >= 0.6 is 23.2 Å². The zero-order valence-electron chi connectivity index (χ0n) is 12.6. The highest BCUT2D eigenvalue weighted by Gasteiger charge is 2.19. The van der Waals surface area contributed by atoms with Gasteiger partial charge >= 0.3 is 0 Å². The Morgan fingerprint density at radius 3 is 2.43 bits per heavy atom. The fourth-order valence-corrected chi connectivity index (χ4v) is 2.30. The number of halogens is 3. The average Bonchev–Trinajstić information content (AvgIpc) is 2.51. The molecule has 0 saturated heterocycles. The van der Waals surface area contributed by atoms with Crippen molar-refractivity contribution in [3.63, 3.8) is 0 Å². The molecule has 1 N–H and O–H groups in total. The van der Waals surface area contributed by atoms with Crippen molar-refractivity contribution in [3.05, 3.63) is 63.9 Å². The SMILES string of the molecule is C[C@H](Oc1cc(Cl)ccc1Cl)C(=O)N[C@@H](C)c1ccc(F)cc1. The van der Waals surface area contributed by atoms with Gasteiger partial charge in [0.1, 0.15) is 11.6 Å². The van der Waals surface area contributed by atoms with Crippen LogP contribution in [0.3, 0.4) is 0 Å². The zero-order chi connectivity index (χ0) is 17.0. The van der Waals surface area contributed by atoms with Gasteiger partial charge in [-0.1, -0.05) is 35.3 Å². The molecule has 2 aromatic rings. The number of hydrogen-bond donors (Lipinski definition) is 1. The van der Waals surface area contributed by atoms with Crippen LogP contribution in [0.5, 0.6) is 5.75 Å². The molecular formula is C17H16Cl2FNO2. The summed E-state index contributed by atoms with van der Waals surface area (Å²) in [5.74, 6) is -0.284. The van der Waals surface area contributed by atoms with Gasteiger partial charge in [-0.2, -0.15) is 0 Å². The van der Waals surface area contributed by atoms with E-state index in [1.165, 1.54) is 12.1 Å². The van der Waals surface area contributed by atoms with E-state index in [2.05, 4.69) is 5.32 Å². The van der Waals surface area contributed by atoms with Gasteiger partial charge in [0.15, 0.2) is 6.10 Å². The van der Waals surface area contributed by atoms with Gasteiger partial charge in [0.05, 0.1) is 11.1 Å². The second-order valence-corrected chi connectivity index (χ2v) is 5.96. The average molecular weight is 356 g/mol. The highest BCUT2D eigenvalue weighted by atomic mass is 35.5. The number of rotatable bonds is 5. The third kappa shape index (κ3) is 4.85. The normalized spacial score (nSPS) is 13.3. The summed E-state index contributed by atoms with van der Waals surface area (Å²) in [5.41, 5.74) is 0.799. The van der Waals surface area contributed by atoms with Crippen LogP contribution < -0.4 is 10.1 Å². The molecule has 0 spiro atoms.